The fourth-order valence-electron chi connectivity index (χ4n) is 3.64. The molecule has 2 saturated heterocycles. The summed E-state index contributed by atoms with van der Waals surface area (Å²) >= 11 is 0. The van der Waals surface area contributed by atoms with Gasteiger partial charge in [0.05, 0.1) is 23.6 Å². The molecule has 2 fully saturated rings. The average molecular weight is 367 g/mol. The minimum absolute atomic E-state index is 0.00224. The standard InChI is InChI=1S/C16H21N3O5S/c1-9-6-12(15(21)17-10(9)2)16(22)19-5-4-18(11(3)20)13-7-25(23,24)8-14(13)19/h6,13-14H,4-5,7-8H2,1-3H3,(H,17,21)/t13-,14+/m1/s1. The van der Waals surface area contributed by atoms with E-state index in [1.807, 2.05) is 0 Å². The first-order chi connectivity index (χ1) is 11.6. The third-order valence-electron chi connectivity index (χ3n) is 5.07. The van der Waals surface area contributed by atoms with Gasteiger partial charge in [0.15, 0.2) is 9.84 Å². The van der Waals surface area contributed by atoms with Gasteiger partial charge in [0.2, 0.25) is 5.91 Å². The number of carbonyl (C=O) groups is 2. The fraction of sp³-hybridized carbons (Fsp3) is 0.562. The Hall–Kier alpha value is -2.16. The van der Waals surface area contributed by atoms with E-state index >= 15 is 0 Å². The summed E-state index contributed by atoms with van der Waals surface area (Å²) in [6.45, 7) is 5.41. The van der Waals surface area contributed by atoms with Crippen molar-refractivity contribution in [3.8, 4) is 0 Å². The largest absolute Gasteiger partial charge is 0.335 e. The van der Waals surface area contributed by atoms with Crippen LogP contribution in [0.1, 0.15) is 28.5 Å². The number of fused-ring (bicyclic) bond motifs is 1. The molecule has 0 saturated carbocycles. The van der Waals surface area contributed by atoms with Crippen LogP contribution in [-0.2, 0) is 14.6 Å². The number of nitrogens with one attached hydrogen (secondary N) is 1. The van der Waals surface area contributed by atoms with Gasteiger partial charge in [-0.3, -0.25) is 14.4 Å². The van der Waals surface area contributed by atoms with Gasteiger partial charge < -0.3 is 14.8 Å². The Balaban J connectivity index is 1.98. The predicted molar refractivity (Wildman–Crippen MR) is 91.2 cm³/mol. The van der Waals surface area contributed by atoms with Crippen LogP contribution in [0.4, 0.5) is 0 Å². The summed E-state index contributed by atoms with van der Waals surface area (Å²) in [6.07, 6.45) is 0. The molecule has 2 atom stereocenters. The Morgan fingerprint density at radius 3 is 2.28 bits per heavy atom. The molecule has 0 aliphatic carbocycles. The molecule has 1 aromatic rings. The second-order valence-corrected chi connectivity index (χ2v) is 8.90. The van der Waals surface area contributed by atoms with Crippen LogP contribution in [0, 0.1) is 13.8 Å². The first kappa shape index (κ1) is 17.7. The van der Waals surface area contributed by atoms with Gasteiger partial charge in [0.25, 0.3) is 11.5 Å². The van der Waals surface area contributed by atoms with Crippen LogP contribution in [0.15, 0.2) is 10.9 Å². The van der Waals surface area contributed by atoms with E-state index in [1.165, 1.54) is 22.8 Å². The summed E-state index contributed by atoms with van der Waals surface area (Å²) in [5.74, 6) is -1.02. The van der Waals surface area contributed by atoms with Crippen molar-refractivity contribution in [2.24, 2.45) is 0 Å². The van der Waals surface area contributed by atoms with Crippen LogP contribution in [-0.4, -0.2) is 71.7 Å². The monoisotopic (exact) mass is 367 g/mol. The number of aromatic amines is 1. The lowest BCUT2D eigenvalue weighted by Gasteiger charge is -2.43. The smallest absolute Gasteiger partial charge is 0.261 e. The summed E-state index contributed by atoms with van der Waals surface area (Å²) < 4.78 is 24.2. The van der Waals surface area contributed by atoms with Crippen molar-refractivity contribution in [1.29, 1.82) is 0 Å². The van der Waals surface area contributed by atoms with Crippen molar-refractivity contribution in [2.75, 3.05) is 24.6 Å². The van der Waals surface area contributed by atoms with Crippen molar-refractivity contribution in [3.05, 3.63) is 33.2 Å². The summed E-state index contributed by atoms with van der Waals surface area (Å²) in [4.78, 5) is 42.5. The van der Waals surface area contributed by atoms with Gasteiger partial charge in [-0.25, -0.2) is 8.42 Å². The molecule has 0 aromatic carbocycles. The lowest BCUT2D eigenvalue weighted by atomic mass is 10.0. The number of aromatic nitrogens is 1. The number of amides is 2. The van der Waals surface area contributed by atoms with Gasteiger partial charge in [0.1, 0.15) is 5.56 Å². The maximum absolute atomic E-state index is 12.9. The summed E-state index contributed by atoms with van der Waals surface area (Å²) in [5, 5.41) is 0. The molecule has 3 heterocycles. The average Bonchev–Trinajstić information content (AvgIpc) is 2.83. The van der Waals surface area contributed by atoms with E-state index in [1.54, 1.807) is 13.8 Å². The Labute approximate surface area is 145 Å². The maximum Gasteiger partial charge on any atom is 0.261 e. The lowest BCUT2D eigenvalue weighted by molar-refractivity contribution is -0.133. The second-order valence-electron chi connectivity index (χ2n) is 6.74. The van der Waals surface area contributed by atoms with E-state index in [-0.39, 0.29) is 36.1 Å². The molecule has 25 heavy (non-hydrogen) atoms. The first-order valence-corrected chi connectivity index (χ1v) is 9.92. The zero-order chi connectivity index (χ0) is 18.5. The van der Waals surface area contributed by atoms with Crippen LogP contribution in [0.3, 0.4) is 0 Å². The van der Waals surface area contributed by atoms with Gasteiger partial charge in [-0.1, -0.05) is 0 Å². The number of piperazine rings is 1. The Bertz CT molecular complexity index is 905. The van der Waals surface area contributed by atoms with Gasteiger partial charge in [-0.15, -0.1) is 0 Å². The van der Waals surface area contributed by atoms with Crippen LogP contribution < -0.4 is 5.56 Å². The van der Waals surface area contributed by atoms with Crippen LogP contribution in [0.2, 0.25) is 0 Å². The fourth-order valence-corrected chi connectivity index (χ4v) is 5.62. The molecule has 0 radical (unpaired) electrons. The minimum Gasteiger partial charge on any atom is -0.335 e. The molecule has 3 rings (SSSR count). The number of aryl methyl sites for hydroxylation is 2. The van der Waals surface area contributed by atoms with Crippen LogP contribution in [0.25, 0.3) is 0 Å². The zero-order valence-electron chi connectivity index (χ0n) is 14.4. The zero-order valence-corrected chi connectivity index (χ0v) is 15.2. The predicted octanol–water partition coefficient (Wildman–Crippen LogP) is -0.538. The number of H-pyrrole nitrogens is 1. The minimum atomic E-state index is -3.34. The van der Waals surface area contributed by atoms with Crippen molar-refractivity contribution >= 4 is 21.7 Å². The maximum atomic E-state index is 12.9. The number of nitrogens with zero attached hydrogens (tertiary/aromatic N) is 2. The van der Waals surface area contributed by atoms with E-state index < -0.39 is 33.4 Å². The van der Waals surface area contributed by atoms with E-state index in [0.717, 1.165) is 5.56 Å². The Morgan fingerprint density at radius 1 is 1.12 bits per heavy atom. The normalized spacial score (nSPS) is 24.9. The second kappa shape index (κ2) is 5.98. The molecule has 2 aliphatic heterocycles. The number of hydrogen-bond acceptors (Lipinski definition) is 5. The SMILES string of the molecule is CC(=O)N1CCN(C(=O)c2cc(C)c(C)[nH]c2=O)[C@H]2CS(=O)(=O)C[C@H]21. The number of carbonyl (C=O) groups excluding carboxylic acids is 2. The molecule has 0 bridgehead atoms. The molecule has 0 spiro atoms. The highest BCUT2D eigenvalue weighted by molar-refractivity contribution is 7.91. The molecule has 1 N–H and O–H groups in total. The van der Waals surface area contributed by atoms with Gasteiger partial charge in [-0.2, -0.15) is 0 Å². The molecule has 2 aliphatic rings. The van der Waals surface area contributed by atoms with Crippen LogP contribution >= 0.6 is 0 Å². The molecular weight excluding hydrogens is 346 g/mol. The van der Waals surface area contributed by atoms with E-state index in [9.17, 15) is 22.8 Å². The lowest BCUT2D eigenvalue weighted by Crippen LogP contribution is -2.62. The van der Waals surface area contributed by atoms with Crippen molar-refractivity contribution in [1.82, 2.24) is 14.8 Å². The van der Waals surface area contributed by atoms with Gasteiger partial charge in [0, 0.05) is 25.7 Å². The van der Waals surface area contributed by atoms with E-state index in [0.29, 0.717) is 5.69 Å². The highest BCUT2D eigenvalue weighted by atomic mass is 32.2. The van der Waals surface area contributed by atoms with E-state index in [4.69, 9.17) is 0 Å². The molecule has 136 valence electrons. The van der Waals surface area contributed by atoms with Crippen molar-refractivity contribution in [2.45, 2.75) is 32.9 Å². The molecule has 0 unspecified atom stereocenters. The highest BCUT2D eigenvalue weighted by Gasteiger charge is 2.49. The van der Waals surface area contributed by atoms with Gasteiger partial charge >= 0.3 is 0 Å². The Kier molecular flexibility index (Phi) is 4.22. The quantitative estimate of drug-likeness (QED) is 0.717. The number of hydrogen-bond donors (Lipinski definition) is 1. The topological polar surface area (TPSA) is 108 Å². The first-order valence-electron chi connectivity index (χ1n) is 8.10. The van der Waals surface area contributed by atoms with Gasteiger partial charge in [-0.05, 0) is 25.5 Å². The summed E-state index contributed by atoms with van der Waals surface area (Å²) in [6, 6.07) is 0.369. The number of pyridine rings is 1. The molecule has 8 nitrogen and oxygen atoms in total. The third kappa shape index (κ3) is 3.08. The van der Waals surface area contributed by atoms with E-state index in [2.05, 4.69) is 4.98 Å². The number of sulfone groups is 1. The molecule has 1 aromatic heterocycles. The number of rotatable bonds is 1. The molecular formula is C16H21N3O5S. The van der Waals surface area contributed by atoms with Crippen molar-refractivity contribution in [3.63, 3.8) is 0 Å². The third-order valence-corrected chi connectivity index (χ3v) is 6.77. The highest BCUT2D eigenvalue weighted by Crippen LogP contribution is 2.28. The Morgan fingerprint density at radius 2 is 1.68 bits per heavy atom. The summed E-state index contributed by atoms with van der Waals surface area (Å²) in [5.41, 5.74) is 0.979. The molecule has 2 amide bonds. The van der Waals surface area contributed by atoms with Crippen molar-refractivity contribution < 1.29 is 18.0 Å². The van der Waals surface area contributed by atoms with Crippen LogP contribution in [0.5, 0.6) is 0 Å². The molecule has 9 heteroatoms. The summed E-state index contributed by atoms with van der Waals surface area (Å²) in [7, 11) is -3.34.